The van der Waals surface area contributed by atoms with Crippen molar-refractivity contribution in [1.82, 2.24) is 4.90 Å². The fraction of sp³-hybridized carbons (Fsp3) is 0.812. The minimum absolute atomic E-state index is 0.000448. The van der Waals surface area contributed by atoms with Gasteiger partial charge in [0, 0.05) is 32.3 Å². The lowest BCUT2D eigenvalue weighted by molar-refractivity contribution is -0.135. The van der Waals surface area contributed by atoms with E-state index in [9.17, 15) is 22.6 Å². The van der Waals surface area contributed by atoms with Gasteiger partial charge in [0.15, 0.2) is 0 Å². The molecule has 2 N–H and O–H groups in total. The van der Waals surface area contributed by atoms with Crippen molar-refractivity contribution in [2.24, 2.45) is 0 Å². The number of phosphoric ester groups is 1. The highest BCUT2D eigenvalue weighted by molar-refractivity contribution is 7.47. The molecule has 0 fully saturated rings. The number of nitrogens with zero attached hydrogens (tertiary/aromatic N) is 1. The van der Waals surface area contributed by atoms with Crippen molar-refractivity contribution in [2.45, 2.75) is 128 Å². The van der Waals surface area contributed by atoms with E-state index < -0.39 is 20.4 Å². The molecule has 1 aromatic rings. The first-order chi connectivity index (χ1) is 20.5. The molecule has 0 bridgehead atoms. The number of hydrogen-bond acceptors (Lipinski definition) is 6. The first-order valence-electron chi connectivity index (χ1n) is 16.2. The summed E-state index contributed by atoms with van der Waals surface area (Å²) < 4.78 is 64.0. The van der Waals surface area contributed by atoms with Crippen LogP contribution in [0.1, 0.15) is 115 Å². The fourth-order valence-electron chi connectivity index (χ4n) is 4.85. The summed E-state index contributed by atoms with van der Waals surface area (Å²) in [6.07, 6.45) is 11.5. The van der Waals surface area contributed by atoms with Crippen LogP contribution in [0, 0.1) is 0 Å². The van der Waals surface area contributed by atoms with E-state index in [1.165, 1.54) is 44.9 Å². The van der Waals surface area contributed by atoms with E-state index in [0.717, 1.165) is 76.4 Å². The van der Waals surface area contributed by atoms with Crippen LogP contribution in [0.4, 0.5) is 18.9 Å². The highest BCUT2D eigenvalue weighted by atomic mass is 31.2. The molecule has 0 aliphatic rings. The Morgan fingerprint density at radius 3 is 1.93 bits per heavy atom. The van der Waals surface area contributed by atoms with Gasteiger partial charge in [0.05, 0.1) is 19.3 Å². The maximum Gasteiger partial charge on any atom is 0.472 e. The Balaban J connectivity index is 2.17. The smallest absolute Gasteiger partial charge is 0.384 e. The third-order valence-corrected chi connectivity index (χ3v) is 8.38. The SMILES string of the molecule is COP(=O)(O)OC[C@H](CCCCCCCCCCCCCCCCCC(F)(F)F)OCc1cccc(NCCN(C)C)c1. The summed E-state index contributed by atoms with van der Waals surface area (Å²) in [5, 5.41) is 3.41. The molecule has 252 valence electrons. The second-order valence-electron chi connectivity index (χ2n) is 11.8. The average molecular weight is 639 g/mol. The molecule has 1 rings (SSSR count). The predicted octanol–water partition coefficient (Wildman–Crippen LogP) is 9.50. The van der Waals surface area contributed by atoms with E-state index >= 15 is 0 Å². The Kier molecular flexibility index (Phi) is 22.4. The summed E-state index contributed by atoms with van der Waals surface area (Å²) in [5.74, 6) is 0. The van der Waals surface area contributed by atoms with Crippen molar-refractivity contribution in [3.05, 3.63) is 29.8 Å². The average Bonchev–Trinajstić information content (AvgIpc) is 2.95. The van der Waals surface area contributed by atoms with Gasteiger partial charge >= 0.3 is 14.0 Å². The maximum absolute atomic E-state index is 12.1. The molecule has 2 atom stereocenters. The van der Waals surface area contributed by atoms with Crippen molar-refractivity contribution in [1.29, 1.82) is 0 Å². The van der Waals surface area contributed by atoms with Gasteiger partial charge in [-0.2, -0.15) is 13.2 Å². The number of ether oxygens (including phenoxy) is 1. The lowest BCUT2D eigenvalue weighted by Gasteiger charge is -2.20. The lowest BCUT2D eigenvalue weighted by atomic mass is 10.0. The number of halogens is 3. The van der Waals surface area contributed by atoms with Crippen molar-refractivity contribution >= 4 is 13.5 Å². The number of nitrogens with one attached hydrogen (secondary N) is 1. The minimum Gasteiger partial charge on any atom is -0.384 e. The molecule has 0 radical (unpaired) electrons. The number of rotatable bonds is 28. The molecule has 43 heavy (non-hydrogen) atoms. The number of hydrogen-bond donors (Lipinski definition) is 2. The largest absolute Gasteiger partial charge is 0.472 e. The van der Waals surface area contributed by atoms with Gasteiger partial charge in [-0.1, -0.05) is 102 Å². The van der Waals surface area contributed by atoms with Crippen molar-refractivity contribution in [3.63, 3.8) is 0 Å². The first kappa shape index (κ1) is 39.9. The van der Waals surface area contributed by atoms with E-state index in [2.05, 4.69) is 20.8 Å². The van der Waals surface area contributed by atoms with Gasteiger partial charge < -0.3 is 19.8 Å². The number of anilines is 1. The highest BCUT2D eigenvalue weighted by Gasteiger charge is 2.25. The summed E-state index contributed by atoms with van der Waals surface area (Å²) in [6.45, 7) is 2.17. The molecule has 0 saturated heterocycles. The van der Waals surface area contributed by atoms with Crippen molar-refractivity contribution in [3.8, 4) is 0 Å². The number of benzene rings is 1. The van der Waals surface area contributed by atoms with Crippen LogP contribution in [0.15, 0.2) is 24.3 Å². The Hall–Kier alpha value is -1.16. The second kappa shape index (κ2) is 24.1. The Morgan fingerprint density at radius 2 is 1.42 bits per heavy atom. The molecule has 7 nitrogen and oxygen atoms in total. The monoisotopic (exact) mass is 638 g/mol. The maximum atomic E-state index is 12.1. The highest BCUT2D eigenvalue weighted by Crippen LogP contribution is 2.42. The Bertz CT molecular complexity index is 861. The fourth-order valence-corrected chi connectivity index (χ4v) is 5.31. The number of alkyl halides is 3. The zero-order valence-corrected chi connectivity index (χ0v) is 27.7. The third-order valence-electron chi connectivity index (χ3n) is 7.44. The molecule has 0 aromatic heterocycles. The summed E-state index contributed by atoms with van der Waals surface area (Å²) >= 11 is 0. The van der Waals surface area contributed by atoms with E-state index in [1.54, 1.807) is 0 Å². The van der Waals surface area contributed by atoms with Crippen LogP contribution < -0.4 is 5.32 Å². The molecule has 0 aliphatic carbocycles. The summed E-state index contributed by atoms with van der Waals surface area (Å²) in [5.41, 5.74) is 2.06. The first-order valence-corrected chi connectivity index (χ1v) is 17.7. The van der Waals surface area contributed by atoms with Crippen LogP contribution in [0.5, 0.6) is 0 Å². The molecule has 0 amide bonds. The van der Waals surface area contributed by atoms with Gasteiger partial charge in [0.1, 0.15) is 0 Å². The topological polar surface area (TPSA) is 80.3 Å². The standard InChI is InChI=1S/C32H58F3N2O5P/c1-37(2)25-24-36-30-21-19-20-29(26-30)27-41-31(28-42-43(38,39)40-3)22-17-15-13-11-9-7-5-4-6-8-10-12-14-16-18-23-32(33,34)35/h19-21,26,31,36H,4-18,22-25,27-28H2,1-3H3,(H,38,39)/t31-/m0/s1. The van der Waals surface area contributed by atoms with E-state index in [-0.39, 0.29) is 19.1 Å². The molecule has 0 heterocycles. The van der Waals surface area contributed by atoms with Gasteiger partial charge in [0.25, 0.3) is 0 Å². The van der Waals surface area contributed by atoms with Crippen LogP contribution in [-0.2, 0) is 25.0 Å². The zero-order valence-electron chi connectivity index (χ0n) is 26.8. The molecular formula is C32H58F3N2O5P. The van der Waals surface area contributed by atoms with Gasteiger partial charge in [-0.25, -0.2) is 4.57 Å². The second-order valence-corrected chi connectivity index (χ2v) is 13.3. The molecule has 1 unspecified atom stereocenters. The van der Waals surface area contributed by atoms with Crippen LogP contribution in [-0.4, -0.2) is 63.0 Å². The van der Waals surface area contributed by atoms with Crippen molar-refractivity contribution in [2.75, 3.05) is 46.2 Å². The van der Waals surface area contributed by atoms with Crippen LogP contribution in [0.2, 0.25) is 0 Å². The molecule has 0 saturated carbocycles. The molecule has 11 heteroatoms. The van der Waals surface area contributed by atoms with E-state index in [1.807, 2.05) is 32.3 Å². The molecule has 0 spiro atoms. The van der Waals surface area contributed by atoms with Crippen LogP contribution in [0.3, 0.4) is 0 Å². The van der Waals surface area contributed by atoms with Crippen LogP contribution >= 0.6 is 7.82 Å². The number of phosphoric acid groups is 1. The number of likely N-dealkylation sites (N-methyl/N-ethyl adjacent to an activating group) is 1. The number of unbranched alkanes of at least 4 members (excludes halogenated alkanes) is 14. The summed E-state index contributed by atoms with van der Waals surface area (Å²) in [7, 11) is 1.17. The lowest BCUT2D eigenvalue weighted by Crippen LogP contribution is -2.21. The van der Waals surface area contributed by atoms with Gasteiger partial charge in [0.2, 0.25) is 0 Å². The summed E-state index contributed by atoms with van der Waals surface area (Å²) in [4.78, 5) is 11.8. The quantitative estimate of drug-likeness (QED) is 0.0699. The van der Waals surface area contributed by atoms with Crippen molar-refractivity contribution < 1.29 is 36.4 Å². The molecule has 0 aliphatic heterocycles. The van der Waals surface area contributed by atoms with E-state index in [4.69, 9.17) is 9.26 Å². The normalized spacial score (nSPS) is 14.2. The minimum atomic E-state index is -4.06. The molecular weight excluding hydrogens is 580 g/mol. The van der Waals surface area contributed by atoms with Gasteiger partial charge in [-0.05, 0) is 44.6 Å². The van der Waals surface area contributed by atoms with Gasteiger partial charge in [-0.3, -0.25) is 9.05 Å². The van der Waals surface area contributed by atoms with Crippen LogP contribution in [0.25, 0.3) is 0 Å². The third kappa shape index (κ3) is 24.8. The Morgan fingerprint density at radius 1 is 0.884 bits per heavy atom. The molecule has 1 aromatic carbocycles. The summed E-state index contributed by atoms with van der Waals surface area (Å²) in [6, 6.07) is 8.09. The van der Waals surface area contributed by atoms with Gasteiger partial charge in [-0.15, -0.1) is 0 Å². The Labute approximate surface area is 258 Å². The zero-order chi connectivity index (χ0) is 31.8. The predicted molar refractivity (Wildman–Crippen MR) is 169 cm³/mol. The van der Waals surface area contributed by atoms with E-state index in [0.29, 0.717) is 13.0 Å².